The van der Waals surface area contributed by atoms with Crippen molar-refractivity contribution in [3.05, 3.63) is 0 Å². The molecule has 0 heteroatoms. The molecule has 0 aliphatic heterocycles. The molecule has 0 fully saturated rings. The van der Waals surface area contributed by atoms with E-state index in [2.05, 4.69) is 69.2 Å². The molecule has 0 N–H and O–H groups in total. The summed E-state index contributed by atoms with van der Waals surface area (Å²) in [7, 11) is 0. The second-order valence-corrected chi connectivity index (χ2v) is 23.7. The minimum absolute atomic E-state index is 0.467. The number of unbranched alkanes of at least 4 members (excludes halogenated alkanes) is 32. The van der Waals surface area contributed by atoms with Gasteiger partial charge in [-0.25, -0.2) is 0 Å². The highest BCUT2D eigenvalue weighted by atomic mass is 14.4. The Kier molecular flexibility index (Phi) is 44.8. The Labute approximate surface area is 397 Å². The molecular weight excluding hydrogens is 745 g/mol. The molecular formula is C62H126. The van der Waals surface area contributed by atoms with Gasteiger partial charge in [0.05, 0.1) is 0 Å². The van der Waals surface area contributed by atoms with Crippen molar-refractivity contribution in [1.82, 2.24) is 0 Å². The topological polar surface area (TPSA) is 0 Å². The zero-order chi connectivity index (χ0) is 45.8. The molecule has 374 valence electrons. The molecule has 0 aliphatic carbocycles. The molecule has 0 aliphatic rings. The van der Waals surface area contributed by atoms with Gasteiger partial charge in [-0.1, -0.05) is 320 Å². The van der Waals surface area contributed by atoms with Crippen molar-refractivity contribution in [3.8, 4) is 0 Å². The quantitative estimate of drug-likeness (QED) is 0.0534. The fourth-order valence-electron chi connectivity index (χ4n) is 12.0. The van der Waals surface area contributed by atoms with Gasteiger partial charge >= 0.3 is 0 Å². The molecule has 0 nitrogen and oxygen atoms in total. The normalized spacial score (nSPS) is 14.8. The first-order chi connectivity index (χ1) is 30.1. The molecule has 0 aromatic heterocycles. The second kappa shape index (κ2) is 44.8. The lowest BCUT2D eigenvalue weighted by Crippen LogP contribution is -2.32. The van der Waals surface area contributed by atoms with Crippen LogP contribution in [0.25, 0.3) is 0 Å². The fraction of sp³-hybridized carbons (Fsp3) is 1.00. The van der Waals surface area contributed by atoms with E-state index in [4.69, 9.17) is 0 Å². The zero-order valence-corrected chi connectivity index (χ0v) is 45.8. The van der Waals surface area contributed by atoms with Crippen molar-refractivity contribution >= 4 is 0 Å². The molecule has 0 saturated heterocycles. The largest absolute Gasteiger partial charge is 0.0654 e. The van der Waals surface area contributed by atoms with Crippen molar-refractivity contribution in [1.29, 1.82) is 0 Å². The highest BCUT2D eigenvalue weighted by molar-refractivity contribution is 4.88. The van der Waals surface area contributed by atoms with E-state index >= 15 is 0 Å². The minimum Gasteiger partial charge on any atom is -0.0654 e. The summed E-state index contributed by atoms with van der Waals surface area (Å²) in [6, 6.07) is 0. The Hall–Kier alpha value is 0. The van der Waals surface area contributed by atoms with E-state index < -0.39 is 0 Å². The maximum Gasteiger partial charge on any atom is -0.0269 e. The third-order valence-corrected chi connectivity index (χ3v) is 16.0. The van der Waals surface area contributed by atoms with Crippen LogP contribution in [0.2, 0.25) is 0 Å². The van der Waals surface area contributed by atoms with Crippen LogP contribution in [0.3, 0.4) is 0 Å². The summed E-state index contributed by atoms with van der Waals surface area (Å²) in [5.41, 5.74) is 1.04. The molecule has 0 spiro atoms. The summed E-state index contributed by atoms with van der Waals surface area (Å²) < 4.78 is 0. The van der Waals surface area contributed by atoms with E-state index in [0.29, 0.717) is 10.8 Å². The van der Waals surface area contributed by atoms with E-state index in [1.807, 2.05) is 0 Å². The van der Waals surface area contributed by atoms with Crippen LogP contribution in [0.4, 0.5) is 0 Å². The Balaban J connectivity index is 6.13. The van der Waals surface area contributed by atoms with Crippen LogP contribution in [0.1, 0.15) is 365 Å². The van der Waals surface area contributed by atoms with Crippen LogP contribution in [0.15, 0.2) is 0 Å². The molecule has 0 radical (unpaired) electrons. The van der Waals surface area contributed by atoms with Crippen LogP contribution in [0.5, 0.6) is 0 Å². The van der Waals surface area contributed by atoms with Gasteiger partial charge in [0, 0.05) is 0 Å². The molecule has 0 saturated carbocycles. The summed E-state index contributed by atoms with van der Waals surface area (Å²) in [6.07, 6.45) is 67.6. The van der Waals surface area contributed by atoms with Crippen molar-refractivity contribution in [3.63, 3.8) is 0 Å². The van der Waals surface area contributed by atoms with Gasteiger partial charge in [-0.15, -0.1) is 0 Å². The lowest BCUT2D eigenvalue weighted by atomic mass is 9.62. The first-order valence-corrected chi connectivity index (χ1v) is 30.1. The molecule has 62 heavy (non-hydrogen) atoms. The van der Waals surface area contributed by atoms with E-state index in [0.717, 1.165) is 23.7 Å². The van der Waals surface area contributed by atoms with E-state index in [1.54, 1.807) is 12.8 Å². The second-order valence-electron chi connectivity index (χ2n) is 23.7. The van der Waals surface area contributed by atoms with Crippen molar-refractivity contribution in [2.24, 2.45) is 34.5 Å². The summed E-state index contributed by atoms with van der Waals surface area (Å²) >= 11 is 0. The van der Waals surface area contributed by atoms with Gasteiger partial charge in [-0.3, -0.25) is 0 Å². The molecule has 0 aromatic rings. The standard InChI is InChI=1S/C62H126/c1-11-15-18-21-24-27-29-32-37-42-47-53-62(52-46-41-36-31-28-25-22-19-16-12-2,54-51-59(8)56-61(9,10)55-58(7)14-4)60(49-44-39-33-30-26-23-20-17-13-3)50-45-40-35-34-38-43-48-57(5)6/h57-60H,11-56H2,1-10H3. The molecule has 0 heterocycles. The summed E-state index contributed by atoms with van der Waals surface area (Å²) in [6.45, 7) is 24.6. The molecule has 0 aromatic carbocycles. The first kappa shape index (κ1) is 62.0. The van der Waals surface area contributed by atoms with E-state index in [9.17, 15) is 0 Å². The average molecular weight is 872 g/mol. The number of hydrogen-bond acceptors (Lipinski definition) is 0. The van der Waals surface area contributed by atoms with Crippen molar-refractivity contribution < 1.29 is 0 Å². The maximum atomic E-state index is 2.67. The third-order valence-electron chi connectivity index (χ3n) is 16.0. The SMILES string of the molecule is CCCCCCCCCCCCCC(CCCCCCCCCCCC)(CCC(C)CC(C)(C)CC(C)CC)C(CCCCCCCCCCC)CCCCCCCCC(C)C. The summed E-state index contributed by atoms with van der Waals surface area (Å²) in [5.74, 6) is 3.52. The monoisotopic (exact) mass is 871 g/mol. The van der Waals surface area contributed by atoms with Crippen LogP contribution in [0, 0.1) is 34.5 Å². The van der Waals surface area contributed by atoms with Gasteiger partial charge in [-0.05, 0) is 79.4 Å². The van der Waals surface area contributed by atoms with Gasteiger partial charge in [-0.2, -0.15) is 0 Å². The average Bonchev–Trinajstić information content (AvgIpc) is 3.24. The van der Waals surface area contributed by atoms with Gasteiger partial charge in [0.1, 0.15) is 0 Å². The van der Waals surface area contributed by atoms with Crippen LogP contribution in [-0.4, -0.2) is 0 Å². The Morgan fingerprint density at radius 2 is 0.581 bits per heavy atom. The predicted molar refractivity (Wildman–Crippen MR) is 288 cm³/mol. The number of hydrogen-bond donors (Lipinski definition) is 0. The van der Waals surface area contributed by atoms with Gasteiger partial charge < -0.3 is 0 Å². The van der Waals surface area contributed by atoms with Gasteiger partial charge in [0.25, 0.3) is 0 Å². The Morgan fingerprint density at radius 3 is 0.903 bits per heavy atom. The minimum atomic E-state index is 0.467. The molecule has 0 amide bonds. The lowest BCUT2D eigenvalue weighted by molar-refractivity contribution is 0.0729. The molecule has 0 bridgehead atoms. The predicted octanol–water partition coefficient (Wildman–Crippen LogP) is 23.6. The molecule has 4 atom stereocenters. The summed E-state index contributed by atoms with van der Waals surface area (Å²) in [5, 5.41) is 0. The van der Waals surface area contributed by atoms with Crippen molar-refractivity contribution in [2.45, 2.75) is 365 Å². The van der Waals surface area contributed by atoms with Gasteiger partial charge in [0.15, 0.2) is 0 Å². The van der Waals surface area contributed by atoms with Crippen LogP contribution < -0.4 is 0 Å². The highest BCUT2D eigenvalue weighted by Crippen LogP contribution is 2.49. The van der Waals surface area contributed by atoms with E-state index in [1.165, 1.54) is 283 Å². The van der Waals surface area contributed by atoms with Crippen molar-refractivity contribution in [2.75, 3.05) is 0 Å². The van der Waals surface area contributed by atoms with Crippen LogP contribution in [-0.2, 0) is 0 Å². The smallest absolute Gasteiger partial charge is 0.0269 e. The maximum absolute atomic E-state index is 2.67. The van der Waals surface area contributed by atoms with Gasteiger partial charge in [0.2, 0.25) is 0 Å². The molecule has 4 unspecified atom stereocenters. The highest BCUT2D eigenvalue weighted by Gasteiger charge is 2.37. The molecule has 0 rings (SSSR count). The Bertz CT molecular complexity index is 852. The van der Waals surface area contributed by atoms with E-state index in [-0.39, 0.29) is 0 Å². The zero-order valence-electron chi connectivity index (χ0n) is 45.8. The Morgan fingerprint density at radius 1 is 0.290 bits per heavy atom. The number of rotatable bonds is 51. The van der Waals surface area contributed by atoms with Crippen LogP contribution >= 0.6 is 0 Å². The summed E-state index contributed by atoms with van der Waals surface area (Å²) in [4.78, 5) is 0. The third kappa shape index (κ3) is 39.2. The lowest BCUT2D eigenvalue weighted by Gasteiger charge is -2.44. The first-order valence-electron chi connectivity index (χ1n) is 30.1. The fourth-order valence-corrected chi connectivity index (χ4v) is 12.0.